The van der Waals surface area contributed by atoms with Crippen LogP contribution in [0.2, 0.25) is 0 Å². The Hall–Kier alpha value is -3.16. The summed E-state index contributed by atoms with van der Waals surface area (Å²) in [5.74, 6) is -0.174. The van der Waals surface area contributed by atoms with Crippen molar-refractivity contribution >= 4 is 17.6 Å². The Morgan fingerprint density at radius 2 is 1.84 bits per heavy atom. The van der Waals surface area contributed by atoms with Gasteiger partial charge < -0.3 is 24.7 Å². The molecule has 1 saturated heterocycles. The molecule has 0 atom stereocenters. The maximum Gasteiger partial charge on any atom is 0.410 e. The van der Waals surface area contributed by atoms with Gasteiger partial charge in [0.15, 0.2) is 6.20 Å². The number of carbonyl (C=O) groups is 1. The largest absolute Gasteiger partial charge is 0.445 e. The number of carbonyl (C=O) groups excluding carboxylic acids is 1. The lowest BCUT2D eigenvalue weighted by Crippen LogP contribution is -2.49. The summed E-state index contributed by atoms with van der Waals surface area (Å²) >= 11 is 0. The van der Waals surface area contributed by atoms with Crippen LogP contribution in [0.3, 0.4) is 0 Å². The van der Waals surface area contributed by atoms with Gasteiger partial charge in [0.1, 0.15) is 6.61 Å². The van der Waals surface area contributed by atoms with E-state index in [4.69, 9.17) is 4.74 Å². The lowest BCUT2D eigenvalue weighted by molar-refractivity contribution is -0.389. The number of hydrogen-bond donors (Lipinski definition) is 0. The van der Waals surface area contributed by atoms with Crippen molar-refractivity contribution in [3.63, 3.8) is 0 Å². The summed E-state index contributed by atoms with van der Waals surface area (Å²) in [5.41, 5.74) is 1.76. The van der Waals surface area contributed by atoms with Crippen molar-refractivity contribution in [2.45, 2.75) is 6.61 Å². The van der Waals surface area contributed by atoms with Crippen molar-refractivity contribution in [1.82, 2.24) is 9.88 Å². The minimum atomic E-state index is -0.523. The first-order chi connectivity index (χ1) is 12.1. The van der Waals surface area contributed by atoms with Gasteiger partial charge in [-0.1, -0.05) is 30.3 Å². The molecule has 8 heteroatoms. The van der Waals surface area contributed by atoms with Crippen molar-refractivity contribution in [3.8, 4) is 0 Å². The van der Waals surface area contributed by atoms with Crippen molar-refractivity contribution in [2.24, 2.45) is 0 Å². The SMILES string of the molecule is O=C(OCc1ccccc1)N1CCN(c2ccc([N+](=O)[O-])nc2)CC1. The number of nitro groups is 1. The fraction of sp³-hybridized carbons (Fsp3) is 0.294. The highest BCUT2D eigenvalue weighted by Crippen LogP contribution is 2.18. The number of aromatic nitrogens is 1. The fourth-order valence-electron chi connectivity index (χ4n) is 2.63. The summed E-state index contributed by atoms with van der Waals surface area (Å²) in [7, 11) is 0. The van der Waals surface area contributed by atoms with Gasteiger partial charge in [-0.2, -0.15) is 0 Å². The predicted octanol–water partition coefficient (Wildman–Crippen LogP) is 2.45. The molecule has 2 aromatic rings. The zero-order chi connectivity index (χ0) is 17.6. The third-order valence-electron chi connectivity index (χ3n) is 4.03. The fourth-order valence-corrected chi connectivity index (χ4v) is 2.63. The third-order valence-corrected chi connectivity index (χ3v) is 4.03. The summed E-state index contributed by atoms with van der Waals surface area (Å²) < 4.78 is 5.33. The summed E-state index contributed by atoms with van der Waals surface area (Å²) in [6.07, 6.45) is 1.16. The molecule has 1 aromatic heterocycles. The highest BCUT2D eigenvalue weighted by Gasteiger charge is 2.23. The smallest absolute Gasteiger partial charge is 0.410 e. The topological polar surface area (TPSA) is 88.8 Å². The molecule has 0 unspecified atom stereocenters. The van der Waals surface area contributed by atoms with E-state index in [0.717, 1.165) is 11.3 Å². The minimum absolute atomic E-state index is 0.174. The molecule has 0 bridgehead atoms. The van der Waals surface area contributed by atoms with Crippen LogP contribution in [-0.4, -0.2) is 47.1 Å². The van der Waals surface area contributed by atoms with Crippen LogP contribution >= 0.6 is 0 Å². The van der Waals surface area contributed by atoms with Crippen LogP contribution in [0.25, 0.3) is 0 Å². The molecule has 130 valence electrons. The highest BCUT2D eigenvalue weighted by atomic mass is 16.6. The molecule has 8 nitrogen and oxygen atoms in total. The average Bonchev–Trinajstić information content (AvgIpc) is 2.67. The van der Waals surface area contributed by atoms with Crippen LogP contribution in [0.4, 0.5) is 16.3 Å². The third kappa shape index (κ3) is 4.23. The lowest BCUT2D eigenvalue weighted by atomic mass is 10.2. The van der Waals surface area contributed by atoms with Gasteiger partial charge in [0.2, 0.25) is 0 Å². The molecule has 0 saturated carbocycles. The maximum atomic E-state index is 12.1. The molecule has 0 aliphatic carbocycles. The molecule has 0 spiro atoms. The Balaban J connectivity index is 1.49. The second-order valence-electron chi connectivity index (χ2n) is 5.65. The number of anilines is 1. The zero-order valence-corrected chi connectivity index (χ0v) is 13.6. The number of piperazine rings is 1. The highest BCUT2D eigenvalue weighted by molar-refractivity contribution is 5.68. The standard InChI is InChI=1S/C17H18N4O4/c22-17(25-13-14-4-2-1-3-5-14)20-10-8-19(9-11-20)15-6-7-16(18-12-15)21(23)24/h1-7,12H,8-11,13H2. The van der Waals surface area contributed by atoms with Crippen LogP contribution in [0.15, 0.2) is 48.7 Å². The van der Waals surface area contributed by atoms with Crippen molar-refractivity contribution in [3.05, 3.63) is 64.3 Å². The number of hydrogen-bond acceptors (Lipinski definition) is 6. The summed E-state index contributed by atoms with van der Waals surface area (Å²) in [6.45, 7) is 2.57. The molecule has 1 fully saturated rings. The molecule has 1 amide bonds. The molecule has 1 aliphatic heterocycles. The maximum absolute atomic E-state index is 12.1. The quantitative estimate of drug-likeness (QED) is 0.626. The van der Waals surface area contributed by atoms with E-state index in [-0.39, 0.29) is 18.5 Å². The van der Waals surface area contributed by atoms with Gasteiger partial charge in [-0.25, -0.2) is 4.79 Å². The summed E-state index contributed by atoms with van der Waals surface area (Å²) in [4.78, 5) is 29.8. The number of ether oxygens (including phenoxy) is 1. The van der Waals surface area contributed by atoms with Crippen LogP contribution in [0.1, 0.15) is 5.56 Å². The number of rotatable bonds is 4. The monoisotopic (exact) mass is 342 g/mol. The van der Waals surface area contributed by atoms with E-state index in [1.165, 1.54) is 12.3 Å². The number of benzene rings is 1. The lowest BCUT2D eigenvalue weighted by Gasteiger charge is -2.34. The molecule has 2 heterocycles. The van der Waals surface area contributed by atoms with Gasteiger partial charge in [-0.15, -0.1) is 0 Å². The Morgan fingerprint density at radius 3 is 2.44 bits per heavy atom. The molecule has 1 aromatic carbocycles. The van der Waals surface area contributed by atoms with Crippen LogP contribution < -0.4 is 4.90 Å². The first-order valence-corrected chi connectivity index (χ1v) is 7.94. The first kappa shape index (κ1) is 16.7. The van der Waals surface area contributed by atoms with Gasteiger partial charge in [-0.3, -0.25) is 0 Å². The zero-order valence-electron chi connectivity index (χ0n) is 13.6. The molecule has 1 aliphatic rings. The van der Waals surface area contributed by atoms with Crippen LogP contribution in [-0.2, 0) is 11.3 Å². The molecule has 25 heavy (non-hydrogen) atoms. The molecule has 0 radical (unpaired) electrons. The van der Waals surface area contributed by atoms with E-state index in [1.54, 1.807) is 11.0 Å². The average molecular weight is 342 g/mol. The molecular formula is C17H18N4O4. The Bertz CT molecular complexity index is 728. The summed E-state index contributed by atoms with van der Waals surface area (Å²) in [6, 6.07) is 12.6. The van der Waals surface area contributed by atoms with Gasteiger partial charge >= 0.3 is 11.9 Å². The van der Waals surface area contributed by atoms with Gasteiger partial charge in [0.05, 0.1) is 5.69 Å². The Kier molecular flexibility index (Phi) is 5.08. The normalized spacial score (nSPS) is 14.2. The van der Waals surface area contributed by atoms with E-state index in [2.05, 4.69) is 4.98 Å². The van der Waals surface area contributed by atoms with E-state index >= 15 is 0 Å². The Morgan fingerprint density at radius 1 is 1.12 bits per heavy atom. The van der Waals surface area contributed by atoms with E-state index < -0.39 is 4.92 Å². The number of nitrogens with zero attached hydrogens (tertiary/aromatic N) is 4. The van der Waals surface area contributed by atoms with Crippen molar-refractivity contribution in [2.75, 3.05) is 31.1 Å². The van der Waals surface area contributed by atoms with Gasteiger partial charge in [0.25, 0.3) is 0 Å². The van der Waals surface area contributed by atoms with Crippen LogP contribution in [0.5, 0.6) is 0 Å². The second kappa shape index (κ2) is 7.61. The van der Waals surface area contributed by atoms with E-state index in [1.807, 2.05) is 35.2 Å². The number of pyridine rings is 1. The summed E-state index contributed by atoms with van der Waals surface area (Å²) in [5, 5.41) is 10.6. The predicted molar refractivity (Wildman–Crippen MR) is 91.3 cm³/mol. The van der Waals surface area contributed by atoms with Crippen LogP contribution in [0, 0.1) is 10.1 Å². The van der Waals surface area contributed by atoms with Crippen molar-refractivity contribution < 1.29 is 14.5 Å². The van der Waals surface area contributed by atoms with Crippen molar-refractivity contribution in [1.29, 1.82) is 0 Å². The molecule has 3 rings (SSSR count). The second-order valence-corrected chi connectivity index (χ2v) is 5.65. The van der Waals surface area contributed by atoms with Gasteiger partial charge in [0, 0.05) is 32.2 Å². The van der Waals surface area contributed by atoms with E-state index in [0.29, 0.717) is 26.2 Å². The van der Waals surface area contributed by atoms with Gasteiger partial charge in [-0.05, 0) is 21.5 Å². The first-order valence-electron chi connectivity index (χ1n) is 7.94. The molecule has 0 N–H and O–H groups in total. The van der Waals surface area contributed by atoms with E-state index in [9.17, 15) is 14.9 Å². The number of amides is 1. The minimum Gasteiger partial charge on any atom is -0.445 e. The molecular weight excluding hydrogens is 324 g/mol. The Labute approximate surface area is 144 Å².